The molecule has 1 fully saturated rings. The quantitative estimate of drug-likeness (QED) is 0.800. The Hall–Kier alpha value is -2.42. The molecule has 0 aromatic heterocycles. The highest BCUT2D eigenvalue weighted by Gasteiger charge is 2.26. The van der Waals surface area contributed by atoms with E-state index in [0.29, 0.717) is 43.3 Å². The van der Waals surface area contributed by atoms with E-state index in [1.54, 1.807) is 18.2 Å². The first-order valence-electron chi connectivity index (χ1n) is 9.12. The monoisotopic (exact) mass is 404 g/mol. The number of sulfonamides is 1. The Morgan fingerprint density at radius 2 is 1.79 bits per heavy atom. The van der Waals surface area contributed by atoms with Crippen LogP contribution >= 0.6 is 0 Å². The molecule has 1 heterocycles. The normalized spacial score (nSPS) is 15.4. The minimum atomic E-state index is -3.58. The van der Waals surface area contributed by atoms with Crippen molar-refractivity contribution >= 4 is 21.6 Å². The highest BCUT2D eigenvalue weighted by Crippen LogP contribution is 2.21. The molecule has 0 saturated carbocycles. The summed E-state index contributed by atoms with van der Waals surface area (Å²) in [6, 6.07) is 13.1. The van der Waals surface area contributed by atoms with Gasteiger partial charge in [-0.2, -0.15) is 4.31 Å². The molecule has 2 aromatic carbocycles. The second-order valence-electron chi connectivity index (χ2n) is 6.69. The molecule has 0 atom stereocenters. The molecule has 0 aliphatic carbocycles. The molecule has 1 saturated heterocycles. The lowest BCUT2D eigenvalue weighted by Gasteiger charge is -2.26. The molecule has 0 spiro atoms. The lowest BCUT2D eigenvalue weighted by Crippen LogP contribution is -2.40. The Kier molecular flexibility index (Phi) is 6.33. The average molecular weight is 404 g/mol. The van der Waals surface area contributed by atoms with Gasteiger partial charge in [0, 0.05) is 30.4 Å². The molecule has 7 nitrogen and oxygen atoms in total. The summed E-state index contributed by atoms with van der Waals surface area (Å²) in [4.78, 5) is 12.6. The van der Waals surface area contributed by atoms with Crippen LogP contribution in [0.5, 0.6) is 5.75 Å². The van der Waals surface area contributed by atoms with Crippen LogP contribution < -0.4 is 10.1 Å². The highest BCUT2D eigenvalue weighted by molar-refractivity contribution is 7.89. The second kappa shape index (κ2) is 8.72. The molecule has 0 radical (unpaired) electrons. The first-order valence-corrected chi connectivity index (χ1v) is 10.6. The number of hydrogen-bond donors (Lipinski definition) is 1. The van der Waals surface area contributed by atoms with Gasteiger partial charge in [-0.25, -0.2) is 8.42 Å². The van der Waals surface area contributed by atoms with E-state index in [1.165, 1.54) is 28.6 Å². The molecular weight excluding hydrogens is 380 g/mol. The van der Waals surface area contributed by atoms with Crippen LogP contribution in [0.3, 0.4) is 0 Å². The first kappa shape index (κ1) is 20.3. The van der Waals surface area contributed by atoms with Crippen molar-refractivity contribution in [1.29, 1.82) is 0 Å². The molecular formula is C20H24N2O5S. The third-order valence-electron chi connectivity index (χ3n) is 4.19. The van der Waals surface area contributed by atoms with Crippen LogP contribution in [0, 0.1) is 0 Å². The number of carbonyl (C=O) groups excluding carboxylic acids is 1. The van der Waals surface area contributed by atoms with Crippen molar-refractivity contribution in [2.24, 2.45) is 0 Å². The molecule has 150 valence electrons. The average Bonchev–Trinajstić information content (AvgIpc) is 2.68. The lowest BCUT2D eigenvalue weighted by molar-refractivity contribution is 0.0730. The van der Waals surface area contributed by atoms with Crippen molar-refractivity contribution < 1.29 is 22.7 Å². The summed E-state index contributed by atoms with van der Waals surface area (Å²) in [5.41, 5.74) is 0.976. The maximum Gasteiger partial charge on any atom is 0.255 e. The number of rotatable bonds is 6. The summed E-state index contributed by atoms with van der Waals surface area (Å²) >= 11 is 0. The van der Waals surface area contributed by atoms with Gasteiger partial charge in [0.25, 0.3) is 5.91 Å². The van der Waals surface area contributed by atoms with Gasteiger partial charge < -0.3 is 14.8 Å². The van der Waals surface area contributed by atoms with Crippen molar-refractivity contribution in [1.82, 2.24) is 4.31 Å². The molecule has 0 bridgehead atoms. The highest BCUT2D eigenvalue weighted by atomic mass is 32.2. The third kappa shape index (κ3) is 4.89. The zero-order valence-electron chi connectivity index (χ0n) is 15.9. The molecule has 1 aliphatic rings. The van der Waals surface area contributed by atoms with Crippen LogP contribution in [-0.2, 0) is 14.8 Å². The van der Waals surface area contributed by atoms with Crippen molar-refractivity contribution in [3.8, 4) is 5.75 Å². The van der Waals surface area contributed by atoms with E-state index in [-0.39, 0.29) is 16.9 Å². The Morgan fingerprint density at radius 1 is 1.11 bits per heavy atom. The number of hydrogen-bond acceptors (Lipinski definition) is 5. The third-order valence-corrected chi connectivity index (χ3v) is 6.10. The van der Waals surface area contributed by atoms with Gasteiger partial charge in [0.05, 0.1) is 24.2 Å². The summed E-state index contributed by atoms with van der Waals surface area (Å²) < 4.78 is 37.5. The van der Waals surface area contributed by atoms with E-state index in [1.807, 2.05) is 19.9 Å². The van der Waals surface area contributed by atoms with Crippen molar-refractivity contribution in [3.63, 3.8) is 0 Å². The van der Waals surface area contributed by atoms with Crippen LogP contribution in [-0.4, -0.2) is 51.0 Å². The summed E-state index contributed by atoms with van der Waals surface area (Å²) in [7, 11) is -3.58. The van der Waals surface area contributed by atoms with E-state index >= 15 is 0 Å². The van der Waals surface area contributed by atoms with E-state index in [9.17, 15) is 13.2 Å². The Morgan fingerprint density at radius 3 is 2.43 bits per heavy atom. The number of nitrogens with one attached hydrogen (secondary N) is 1. The van der Waals surface area contributed by atoms with Gasteiger partial charge in [-0.05, 0) is 50.2 Å². The van der Waals surface area contributed by atoms with Gasteiger partial charge >= 0.3 is 0 Å². The maximum atomic E-state index is 12.6. The summed E-state index contributed by atoms with van der Waals surface area (Å²) in [5.74, 6) is 0.344. The van der Waals surface area contributed by atoms with Gasteiger partial charge in [-0.15, -0.1) is 0 Å². The smallest absolute Gasteiger partial charge is 0.255 e. The van der Waals surface area contributed by atoms with Crippen LogP contribution in [0.4, 0.5) is 5.69 Å². The van der Waals surface area contributed by atoms with E-state index in [2.05, 4.69) is 5.32 Å². The molecule has 3 rings (SSSR count). The topological polar surface area (TPSA) is 84.9 Å². The van der Waals surface area contributed by atoms with Crippen LogP contribution in [0.15, 0.2) is 53.4 Å². The molecule has 1 N–H and O–H groups in total. The molecule has 0 unspecified atom stereocenters. The Balaban J connectivity index is 1.70. The minimum Gasteiger partial charge on any atom is -0.491 e. The molecule has 1 amide bonds. The van der Waals surface area contributed by atoms with Crippen LogP contribution in [0.25, 0.3) is 0 Å². The number of carbonyl (C=O) groups is 1. The second-order valence-corrected chi connectivity index (χ2v) is 8.63. The standard InChI is InChI=1S/C20H24N2O5S/c1-15(2)27-18-5-3-4-17(14-18)21-20(23)16-6-8-19(9-7-16)28(24,25)22-10-12-26-13-11-22/h3-9,14-15H,10-13H2,1-2H3,(H,21,23). The largest absolute Gasteiger partial charge is 0.491 e. The summed E-state index contributed by atoms with van der Waals surface area (Å²) in [5, 5.41) is 2.80. The molecule has 28 heavy (non-hydrogen) atoms. The van der Waals surface area contributed by atoms with Crippen molar-refractivity contribution in [2.75, 3.05) is 31.6 Å². The number of morpholine rings is 1. The molecule has 8 heteroatoms. The fourth-order valence-electron chi connectivity index (χ4n) is 2.84. The van der Waals surface area contributed by atoms with E-state index in [4.69, 9.17) is 9.47 Å². The van der Waals surface area contributed by atoms with Gasteiger partial charge in [-0.1, -0.05) is 6.07 Å². The molecule has 2 aromatic rings. The zero-order valence-corrected chi connectivity index (χ0v) is 16.7. The van der Waals surface area contributed by atoms with Gasteiger partial charge in [-0.3, -0.25) is 4.79 Å². The predicted molar refractivity (Wildman–Crippen MR) is 106 cm³/mol. The van der Waals surface area contributed by atoms with Crippen molar-refractivity contribution in [3.05, 3.63) is 54.1 Å². The minimum absolute atomic E-state index is 0.0342. The van der Waals surface area contributed by atoms with Gasteiger partial charge in [0.2, 0.25) is 10.0 Å². The lowest BCUT2D eigenvalue weighted by atomic mass is 10.2. The maximum absolute atomic E-state index is 12.6. The summed E-state index contributed by atoms with van der Waals surface area (Å²) in [6.07, 6.45) is 0.0342. The fourth-order valence-corrected chi connectivity index (χ4v) is 4.24. The number of anilines is 1. The van der Waals surface area contributed by atoms with E-state index < -0.39 is 10.0 Å². The number of nitrogens with zero attached hydrogens (tertiary/aromatic N) is 1. The van der Waals surface area contributed by atoms with E-state index in [0.717, 1.165) is 0 Å². The number of amides is 1. The number of benzene rings is 2. The first-order chi connectivity index (χ1) is 13.4. The van der Waals surface area contributed by atoms with Crippen molar-refractivity contribution in [2.45, 2.75) is 24.8 Å². The molecule has 1 aliphatic heterocycles. The Labute approximate surface area is 165 Å². The van der Waals surface area contributed by atoms with Gasteiger partial charge in [0.1, 0.15) is 5.75 Å². The Bertz CT molecular complexity index is 920. The predicted octanol–water partition coefficient (Wildman–Crippen LogP) is 2.75. The van der Waals surface area contributed by atoms with Crippen LogP contribution in [0.1, 0.15) is 24.2 Å². The fraction of sp³-hybridized carbons (Fsp3) is 0.350. The summed E-state index contributed by atoms with van der Waals surface area (Å²) in [6.45, 7) is 5.30. The number of ether oxygens (including phenoxy) is 2. The zero-order chi connectivity index (χ0) is 20.1. The SMILES string of the molecule is CC(C)Oc1cccc(NC(=O)c2ccc(S(=O)(=O)N3CCOCC3)cc2)c1. The van der Waals surface area contributed by atoms with Crippen LogP contribution in [0.2, 0.25) is 0 Å². The van der Waals surface area contributed by atoms with Gasteiger partial charge in [0.15, 0.2) is 0 Å².